The molecular formula is C18H17ClO7. The minimum Gasteiger partial charge on any atom is -1.00 e. The lowest BCUT2D eigenvalue weighted by Crippen LogP contribution is -3.00. The highest BCUT2D eigenvalue weighted by Crippen LogP contribution is 2.38. The molecule has 0 aliphatic carbocycles. The Balaban J connectivity index is 0.00000243. The summed E-state index contributed by atoms with van der Waals surface area (Å²) >= 11 is 0. The topological polar surface area (TPSA) is 99.7 Å². The molecule has 3 rings (SSSR count). The van der Waals surface area contributed by atoms with Crippen LogP contribution in [0.5, 0.6) is 34.7 Å². The summed E-state index contributed by atoms with van der Waals surface area (Å²) in [6.07, 6.45) is 0. The van der Waals surface area contributed by atoms with E-state index < -0.39 is 0 Å². The SMILES string of the molecule is COc1cc(COc2[o+]c3cccc(O)c3cc2O)cc(OC)c1O.[Cl-]. The zero-order chi connectivity index (χ0) is 18.0. The molecule has 8 heteroatoms. The molecule has 0 atom stereocenters. The van der Waals surface area contributed by atoms with Gasteiger partial charge in [0, 0.05) is 17.7 Å². The van der Waals surface area contributed by atoms with Gasteiger partial charge < -0.3 is 41.9 Å². The maximum absolute atomic E-state index is 10.0. The third-order valence-electron chi connectivity index (χ3n) is 3.65. The zero-order valence-corrected chi connectivity index (χ0v) is 14.8. The van der Waals surface area contributed by atoms with Crippen LogP contribution in [0.15, 0.2) is 40.8 Å². The van der Waals surface area contributed by atoms with Gasteiger partial charge in [0.25, 0.3) is 11.3 Å². The van der Waals surface area contributed by atoms with Gasteiger partial charge in [-0.25, -0.2) is 0 Å². The number of methoxy groups -OCH3 is 2. The highest BCUT2D eigenvalue weighted by atomic mass is 35.5. The zero-order valence-electron chi connectivity index (χ0n) is 14.0. The lowest BCUT2D eigenvalue weighted by Gasteiger charge is -2.09. The van der Waals surface area contributed by atoms with Crippen molar-refractivity contribution >= 4 is 11.0 Å². The van der Waals surface area contributed by atoms with Gasteiger partial charge in [-0.1, -0.05) is 6.07 Å². The molecule has 2 aromatic carbocycles. The van der Waals surface area contributed by atoms with E-state index in [1.807, 2.05) is 0 Å². The first kappa shape index (κ1) is 19.3. The monoisotopic (exact) mass is 380 g/mol. The van der Waals surface area contributed by atoms with Crippen LogP contribution in [-0.4, -0.2) is 29.5 Å². The Hall–Kier alpha value is -3.06. The summed E-state index contributed by atoms with van der Waals surface area (Å²) in [5.74, 6) is 0.0273. The Morgan fingerprint density at radius 3 is 2.19 bits per heavy atom. The van der Waals surface area contributed by atoms with E-state index in [4.69, 9.17) is 18.6 Å². The molecule has 3 N–H and O–H groups in total. The summed E-state index contributed by atoms with van der Waals surface area (Å²) in [5, 5.41) is 30.1. The first-order chi connectivity index (χ1) is 12.0. The van der Waals surface area contributed by atoms with Crippen LogP contribution in [0.1, 0.15) is 5.56 Å². The third-order valence-corrected chi connectivity index (χ3v) is 3.65. The number of halogens is 1. The summed E-state index contributed by atoms with van der Waals surface area (Å²) < 4.78 is 21.2. The summed E-state index contributed by atoms with van der Waals surface area (Å²) in [6.45, 7) is 0.0361. The molecule has 26 heavy (non-hydrogen) atoms. The first-order valence-corrected chi connectivity index (χ1v) is 7.38. The molecule has 0 saturated heterocycles. The van der Waals surface area contributed by atoms with Crippen LogP contribution in [-0.2, 0) is 6.61 Å². The number of aromatic hydroxyl groups is 3. The number of benzene rings is 2. The van der Waals surface area contributed by atoms with Gasteiger partial charge in [-0.05, 0) is 18.2 Å². The number of phenolic OH excluding ortho intramolecular Hbond substituents is 2. The van der Waals surface area contributed by atoms with Crippen molar-refractivity contribution in [3.63, 3.8) is 0 Å². The molecular weight excluding hydrogens is 364 g/mol. The fourth-order valence-corrected chi connectivity index (χ4v) is 2.40. The third kappa shape index (κ3) is 3.62. The number of ether oxygens (including phenoxy) is 3. The first-order valence-electron chi connectivity index (χ1n) is 7.38. The summed E-state index contributed by atoms with van der Waals surface area (Å²) in [5.41, 5.74) is 1.01. The van der Waals surface area contributed by atoms with E-state index in [0.29, 0.717) is 16.5 Å². The Morgan fingerprint density at radius 1 is 0.923 bits per heavy atom. The fourth-order valence-electron chi connectivity index (χ4n) is 2.40. The normalized spacial score (nSPS) is 10.2. The van der Waals surface area contributed by atoms with Gasteiger partial charge in [0.1, 0.15) is 5.75 Å². The van der Waals surface area contributed by atoms with Gasteiger partial charge in [0.2, 0.25) is 12.4 Å². The Labute approximate surface area is 155 Å². The van der Waals surface area contributed by atoms with E-state index >= 15 is 0 Å². The van der Waals surface area contributed by atoms with E-state index in [0.717, 1.165) is 0 Å². The predicted molar refractivity (Wildman–Crippen MR) is 89.5 cm³/mol. The minimum absolute atomic E-state index is 0. The smallest absolute Gasteiger partial charge is 0.562 e. The van der Waals surface area contributed by atoms with Crippen LogP contribution in [0.4, 0.5) is 0 Å². The van der Waals surface area contributed by atoms with Crippen LogP contribution in [0, 0.1) is 0 Å². The fraction of sp³-hybridized carbons (Fsp3) is 0.167. The molecule has 0 spiro atoms. The Bertz CT molecular complexity index is 902. The number of rotatable bonds is 5. The largest absolute Gasteiger partial charge is 1.00 e. The lowest BCUT2D eigenvalue weighted by atomic mass is 10.2. The van der Waals surface area contributed by atoms with Crippen LogP contribution in [0.3, 0.4) is 0 Å². The molecule has 1 heterocycles. The maximum Gasteiger partial charge on any atom is 0.562 e. The highest BCUT2D eigenvalue weighted by Gasteiger charge is 2.22. The summed E-state index contributed by atoms with van der Waals surface area (Å²) in [4.78, 5) is 0. The van der Waals surface area contributed by atoms with Crippen molar-refractivity contribution in [1.29, 1.82) is 0 Å². The number of fused-ring (bicyclic) bond motifs is 1. The van der Waals surface area contributed by atoms with E-state index in [1.54, 1.807) is 24.3 Å². The molecule has 0 aliphatic rings. The Morgan fingerprint density at radius 2 is 1.58 bits per heavy atom. The molecule has 0 saturated carbocycles. The number of hydrogen-bond acceptors (Lipinski definition) is 6. The van der Waals surface area contributed by atoms with E-state index in [9.17, 15) is 15.3 Å². The van der Waals surface area contributed by atoms with Crippen molar-refractivity contribution in [1.82, 2.24) is 0 Å². The quantitative estimate of drug-likeness (QED) is 0.552. The second-order valence-corrected chi connectivity index (χ2v) is 5.25. The summed E-state index contributed by atoms with van der Waals surface area (Å²) in [6, 6.07) is 9.30. The standard InChI is InChI=1S/C18H16O7.ClH/c1-22-15-6-10(7-16(23-2)17(15)21)9-24-18-13(20)8-11-12(19)4-3-5-14(11)25-18;/h3-8H,9H2,1-2H3,(H2-,19,20,21);1H. The second kappa shape index (κ2) is 7.88. The minimum atomic E-state index is -0.244. The molecule has 0 fully saturated rings. The molecule has 0 amide bonds. The number of hydrogen-bond donors (Lipinski definition) is 3. The maximum atomic E-state index is 10.0. The van der Waals surface area contributed by atoms with Crippen molar-refractivity contribution in [3.8, 4) is 34.7 Å². The molecule has 138 valence electrons. The van der Waals surface area contributed by atoms with Crippen molar-refractivity contribution < 1.29 is 46.4 Å². The van der Waals surface area contributed by atoms with Crippen LogP contribution in [0.2, 0.25) is 0 Å². The predicted octanol–water partition coefficient (Wildman–Crippen LogP) is 0.431. The lowest BCUT2D eigenvalue weighted by molar-refractivity contribution is -0.00000927. The second-order valence-electron chi connectivity index (χ2n) is 5.25. The van der Waals surface area contributed by atoms with Crippen molar-refractivity contribution in [2.24, 2.45) is 0 Å². The van der Waals surface area contributed by atoms with Gasteiger partial charge in [0.15, 0.2) is 11.5 Å². The summed E-state index contributed by atoms with van der Waals surface area (Å²) in [7, 11) is 2.85. The molecule has 3 aromatic rings. The van der Waals surface area contributed by atoms with Gasteiger partial charge in [-0.15, -0.1) is 0 Å². The van der Waals surface area contributed by atoms with Crippen LogP contribution >= 0.6 is 0 Å². The molecule has 0 bridgehead atoms. The van der Waals surface area contributed by atoms with Gasteiger partial charge in [-0.2, -0.15) is 0 Å². The average Bonchev–Trinajstić information content (AvgIpc) is 2.61. The van der Waals surface area contributed by atoms with Gasteiger partial charge in [0.05, 0.1) is 19.6 Å². The van der Waals surface area contributed by atoms with Gasteiger partial charge >= 0.3 is 5.95 Å². The molecule has 0 aliphatic heterocycles. The van der Waals surface area contributed by atoms with Crippen molar-refractivity contribution in [2.45, 2.75) is 6.61 Å². The highest BCUT2D eigenvalue weighted by molar-refractivity contribution is 5.84. The molecule has 0 radical (unpaired) electrons. The Kier molecular flexibility index (Phi) is 5.84. The van der Waals surface area contributed by atoms with E-state index in [1.165, 1.54) is 26.4 Å². The van der Waals surface area contributed by atoms with Gasteiger partial charge in [-0.3, -0.25) is 4.42 Å². The van der Waals surface area contributed by atoms with E-state index in [2.05, 4.69) is 0 Å². The number of phenols is 2. The van der Waals surface area contributed by atoms with Crippen molar-refractivity contribution in [2.75, 3.05) is 14.2 Å². The van der Waals surface area contributed by atoms with Crippen LogP contribution < -0.4 is 26.6 Å². The average molecular weight is 381 g/mol. The molecule has 0 unspecified atom stereocenters. The molecule has 1 aromatic heterocycles. The van der Waals surface area contributed by atoms with Crippen molar-refractivity contribution in [3.05, 3.63) is 42.0 Å². The van der Waals surface area contributed by atoms with E-state index in [-0.39, 0.29) is 53.7 Å². The van der Waals surface area contributed by atoms with Crippen LogP contribution in [0.25, 0.3) is 11.0 Å². The molecule has 7 nitrogen and oxygen atoms in total.